The van der Waals surface area contributed by atoms with E-state index < -0.39 is 54.2 Å². The molecule has 248 valence electrons. The number of nitrogens with one attached hydrogen (secondary N) is 1. The number of Topliss-reactive ketones (excluding diaryl/α,β-unsaturated/α-hetero) is 1. The lowest BCUT2D eigenvalue weighted by atomic mass is 9.97. The first-order chi connectivity index (χ1) is 21.5. The Bertz CT molecular complexity index is 1650. The van der Waals surface area contributed by atoms with Crippen molar-refractivity contribution in [2.24, 2.45) is 11.3 Å². The van der Waals surface area contributed by atoms with Crippen molar-refractivity contribution in [2.45, 2.75) is 44.4 Å². The number of benzene rings is 3. The van der Waals surface area contributed by atoms with Crippen molar-refractivity contribution in [3.8, 4) is 0 Å². The molecule has 0 aromatic heterocycles. The van der Waals surface area contributed by atoms with Crippen molar-refractivity contribution in [1.82, 2.24) is 5.32 Å². The first-order valence-electron chi connectivity index (χ1n) is 14.8. The van der Waals surface area contributed by atoms with Gasteiger partial charge in [-0.25, -0.2) is 16.8 Å². The van der Waals surface area contributed by atoms with Crippen LogP contribution in [0.1, 0.15) is 52.6 Å². The van der Waals surface area contributed by atoms with E-state index in [1.807, 2.05) is 13.8 Å². The molecule has 0 heterocycles. The first-order valence-corrected chi connectivity index (χ1v) is 18.1. The molecule has 0 saturated heterocycles. The molecule has 3 aromatic carbocycles. The quantitative estimate of drug-likeness (QED) is 0.141. The van der Waals surface area contributed by atoms with Crippen molar-refractivity contribution in [3.05, 3.63) is 95.1 Å². The van der Waals surface area contributed by atoms with Gasteiger partial charge in [0.15, 0.2) is 25.5 Å². The third-order valence-electron chi connectivity index (χ3n) is 7.01. The van der Waals surface area contributed by atoms with Crippen LogP contribution in [0.15, 0.2) is 82.6 Å². The minimum absolute atomic E-state index is 0.00875. The Balaban J connectivity index is 1.68. The van der Waals surface area contributed by atoms with Gasteiger partial charge in [0.2, 0.25) is 0 Å². The van der Waals surface area contributed by atoms with Crippen LogP contribution in [0.3, 0.4) is 0 Å². The van der Waals surface area contributed by atoms with Gasteiger partial charge in [-0.3, -0.25) is 14.4 Å². The second-order valence-corrected chi connectivity index (χ2v) is 16.2. The second-order valence-electron chi connectivity index (χ2n) is 12.1. The average Bonchev–Trinajstić information content (AvgIpc) is 2.99. The van der Waals surface area contributed by atoms with Gasteiger partial charge in [0, 0.05) is 17.7 Å². The summed E-state index contributed by atoms with van der Waals surface area (Å²) in [5, 5.41) is 2.69. The van der Waals surface area contributed by atoms with Gasteiger partial charge in [0.25, 0.3) is 5.91 Å². The molecule has 0 radical (unpaired) electrons. The van der Waals surface area contributed by atoms with Crippen molar-refractivity contribution in [3.63, 3.8) is 0 Å². The molecule has 0 bridgehead atoms. The molecule has 0 aliphatic heterocycles. The minimum Gasteiger partial charge on any atom is -0.463 e. The lowest BCUT2D eigenvalue weighted by molar-refractivity contribution is -0.154. The summed E-state index contributed by atoms with van der Waals surface area (Å²) in [6, 6.07) is 17.8. The number of hydrogen-bond donors (Lipinski definition) is 1. The Hall–Kier alpha value is -3.87. The zero-order valence-electron chi connectivity index (χ0n) is 26.7. The van der Waals surface area contributed by atoms with Crippen molar-refractivity contribution in [2.75, 3.05) is 37.9 Å². The van der Waals surface area contributed by atoms with E-state index in [9.17, 15) is 31.2 Å². The summed E-state index contributed by atoms with van der Waals surface area (Å²) in [5.74, 6) is -4.26. The molecule has 0 atom stereocenters. The maximum Gasteiger partial charge on any atom is 0.311 e. The summed E-state index contributed by atoms with van der Waals surface area (Å²) in [7, 11) is -8.06. The van der Waals surface area contributed by atoms with Crippen LogP contribution in [0.25, 0.3) is 0 Å². The molecule has 12 heteroatoms. The standard InChI is InChI=1S/C34H41NO9S2/c1-24-6-14-29(15-7-24)45(39,40)22-28(23-46(41,42)30-16-8-25(2)9-17-30)31(36)26-10-12-27(13-11-26)32(37)35-18-19-43-20-21-44-33(38)34(3,4)5/h6-17,28H,18-23H2,1-5H3,(H,35,37). The van der Waals surface area contributed by atoms with Crippen LogP contribution in [0.4, 0.5) is 0 Å². The van der Waals surface area contributed by atoms with Crippen LogP contribution in [-0.4, -0.2) is 72.4 Å². The molecule has 0 spiro atoms. The van der Waals surface area contributed by atoms with E-state index >= 15 is 0 Å². The molecule has 3 aromatic rings. The molecule has 0 saturated carbocycles. The molecular formula is C34H41NO9S2. The van der Waals surface area contributed by atoms with E-state index in [1.165, 1.54) is 48.5 Å². The average molecular weight is 672 g/mol. The molecule has 0 unspecified atom stereocenters. The van der Waals surface area contributed by atoms with Crippen molar-refractivity contribution < 1.29 is 40.7 Å². The molecular weight excluding hydrogens is 631 g/mol. The molecule has 3 rings (SSSR count). The van der Waals surface area contributed by atoms with Gasteiger partial charge < -0.3 is 14.8 Å². The number of esters is 1. The van der Waals surface area contributed by atoms with Gasteiger partial charge in [-0.1, -0.05) is 47.5 Å². The lowest BCUT2D eigenvalue weighted by Gasteiger charge is -2.17. The van der Waals surface area contributed by atoms with E-state index in [2.05, 4.69) is 5.32 Å². The fraction of sp³-hybridized carbons (Fsp3) is 0.382. The van der Waals surface area contributed by atoms with Crippen LogP contribution in [0.5, 0.6) is 0 Å². The molecule has 10 nitrogen and oxygen atoms in total. The minimum atomic E-state index is -4.03. The Labute approximate surface area is 271 Å². The van der Waals surface area contributed by atoms with Gasteiger partial charge in [-0.2, -0.15) is 0 Å². The maximum absolute atomic E-state index is 13.7. The smallest absolute Gasteiger partial charge is 0.311 e. The van der Waals surface area contributed by atoms with E-state index in [0.717, 1.165) is 11.1 Å². The van der Waals surface area contributed by atoms with Gasteiger partial charge in [0.05, 0.1) is 45.8 Å². The van der Waals surface area contributed by atoms with Crippen LogP contribution >= 0.6 is 0 Å². The second kappa shape index (κ2) is 15.6. The number of sulfone groups is 2. The van der Waals surface area contributed by atoms with E-state index in [1.54, 1.807) is 45.0 Å². The number of ether oxygens (including phenoxy) is 2. The van der Waals surface area contributed by atoms with Crippen LogP contribution in [0, 0.1) is 25.2 Å². The number of carbonyl (C=O) groups is 3. The third-order valence-corrected chi connectivity index (χ3v) is 10.7. The molecule has 1 amide bonds. The SMILES string of the molecule is Cc1ccc(S(=O)(=O)CC(CS(=O)(=O)c2ccc(C)cc2)C(=O)c2ccc(C(=O)NCCOCCOC(=O)C(C)(C)C)cc2)cc1. The van der Waals surface area contributed by atoms with Gasteiger partial charge in [0.1, 0.15) is 6.61 Å². The van der Waals surface area contributed by atoms with E-state index in [0.29, 0.717) is 0 Å². The fourth-order valence-corrected chi connectivity index (χ4v) is 7.52. The van der Waals surface area contributed by atoms with E-state index in [4.69, 9.17) is 9.47 Å². The molecule has 0 aliphatic carbocycles. The topological polar surface area (TPSA) is 150 Å². The highest BCUT2D eigenvalue weighted by Crippen LogP contribution is 2.23. The monoisotopic (exact) mass is 671 g/mol. The zero-order chi connectivity index (χ0) is 34.1. The zero-order valence-corrected chi connectivity index (χ0v) is 28.4. The molecule has 46 heavy (non-hydrogen) atoms. The summed E-state index contributed by atoms with van der Waals surface area (Å²) in [6.45, 7) is 9.51. The summed E-state index contributed by atoms with van der Waals surface area (Å²) in [5.41, 5.74) is 1.42. The number of amides is 1. The molecule has 0 fully saturated rings. The normalized spacial score (nSPS) is 12.1. The third kappa shape index (κ3) is 10.6. The van der Waals surface area contributed by atoms with Gasteiger partial charge in [-0.15, -0.1) is 0 Å². The first kappa shape index (κ1) is 36.6. The fourth-order valence-electron chi connectivity index (χ4n) is 4.29. The van der Waals surface area contributed by atoms with Crippen molar-refractivity contribution in [1.29, 1.82) is 0 Å². The Morgan fingerprint density at radius 3 is 1.59 bits per heavy atom. The number of ketones is 1. The number of aryl methyl sites for hydroxylation is 2. The number of rotatable bonds is 15. The van der Waals surface area contributed by atoms with Crippen LogP contribution in [-0.2, 0) is 33.9 Å². The summed E-state index contributed by atoms with van der Waals surface area (Å²) < 4.78 is 63.8. The van der Waals surface area contributed by atoms with Gasteiger partial charge in [-0.05, 0) is 71.0 Å². The molecule has 1 N–H and O–H groups in total. The lowest BCUT2D eigenvalue weighted by Crippen LogP contribution is -2.31. The van der Waals surface area contributed by atoms with E-state index in [-0.39, 0.29) is 53.3 Å². The highest BCUT2D eigenvalue weighted by Gasteiger charge is 2.33. The highest BCUT2D eigenvalue weighted by molar-refractivity contribution is 7.92. The predicted molar refractivity (Wildman–Crippen MR) is 174 cm³/mol. The maximum atomic E-state index is 13.7. The Morgan fingerprint density at radius 2 is 1.13 bits per heavy atom. The Kier molecular flexibility index (Phi) is 12.4. The summed E-state index contributed by atoms with van der Waals surface area (Å²) >= 11 is 0. The summed E-state index contributed by atoms with van der Waals surface area (Å²) in [6.07, 6.45) is 0. The highest BCUT2D eigenvalue weighted by atomic mass is 32.2. The predicted octanol–water partition coefficient (Wildman–Crippen LogP) is 4.39. The molecule has 0 aliphatic rings. The Morgan fingerprint density at radius 1 is 0.674 bits per heavy atom. The van der Waals surface area contributed by atoms with Crippen LogP contribution in [0.2, 0.25) is 0 Å². The summed E-state index contributed by atoms with van der Waals surface area (Å²) in [4.78, 5) is 38.0. The van der Waals surface area contributed by atoms with Crippen LogP contribution < -0.4 is 5.32 Å². The van der Waals surface area contributed by atoms with Gasteiger partial charge >= 0.3 is 5.97 Å². The number of carbonyl (C=O) groups excluding carboxylic acids is 3. The van der Waals surface area contributed by atoms with Crippen molar-refractivity contribution >= 4 is 37.3 Å². The number of hydrogen-bond acceptors (Lipinski definition) is 9. The largest absolute Gasteiger partial charge is 0.463 e.